The second kappa shape index (κ2) is 5.97. The number of anilines is 1. The van der Waals surface area contributed by atoms with E-state index >= 15 is 0 Å². The molecule has 100 valence electrons. The van der Waals surface area contributed by atoms with Crippen LogP contribution in [0.2, 0.25) is 0 Å². The molecule has 1 atom stereocenters. The third-order valence-electron chi connectivity index (χ3n) is 2.71. The summed E-state index contributed by atoms with van der Waals surface area (Å²) in [6.07, 6.45) is 1.71. The number of ether oxygens (including phenoxy) is 2. The highest BCUT2D eigenvalue weighted by Crippen LogP contribution is 2.19. The fraction of sp³-hybridized carbons (Fsp3) is 0.667. The van der Waals surface area contributed by atoms with Gasteiger partial charge in [0.2, 0.25) is 5.88 Å². The Morgan fingerprint density at radius 2 is 2.39 bits per heavy atom. The first-order valence-electron chi connectivity index (χ1n) is 6.24. The van der Waals surface area contributed by atoms with Crippen molar-refractivity contribution in [1.29, 1.82) is 0 Å². The molecule has 0 aromatic carbocycles. The summed E-state index contributed by atoms with van der Waals surface area (Å²) < 4.78 is 11.1. The Morgan fingerprint density at radius 3 is 3.11 bits per heavy atom. The number of hydrogen-bond acceptors (Lipinski definition) is 6. The second-order valence-corrected chi connectivity index (χ2v) is 4.56. The highest BCUT2D eigenvalue weighted by Gasteiger charge is 2.20. The van der Waals surface area contributed by atoms with Gasteiger partial charge in [0, 0.05) is 25.7 Å². The maximum Gasteiger partial charge on any atom is 0.218 e. The Balaban J connectivity index is 2.07. The van der Waals surface area contributed by atoms with E-state index in [2.05, 4.69) is 14.9 Å². The van der Waals surface area contributed by atoms with E-state index in [-0.39, 0.29) is 12.2 Å². The van der Waals surface area contributed by atoms with Crippen molar-refractivity contribution in [1.82, 2.24) is 9.97 Å². The summed E-state index contributed by atoms with van der Waals surface area (Å²) in [6.45, 7) is 6.72. The SMILES string of the molecule is CC(C)Oc1cc(N2CCOC(CN)C2)ncn1. The van der Waals surface area contributed by atoms with Gasteiger partial charge in [0.15, 0.2) is 0 Å². The van der Waals surface area contributed by atoms with Crippen LogP contribution in [-0.4, -0.2) is 48.4 Å². The average molecular weight is 252 g/mol. The minimum atomic E-state index is 0.0724. The maximum atomic E-state index is 5.63. The topological polar surface area (TPSA) is 73.5 Å². The van der Waals surface area contributed by atoms with Gasteiger partial charge in [-0.2, -0.15) is 0 Å². The van der Waals surface area contributed by atoms with Crippen LogP contribution in [0.25, 0.3) is 0 Å². The van der Waals surface area contributed by atoms with Crippen LogP contribution in [0.5, 0.6) is 5.88 Å². The lowest BCUT2D eigenvalue weighted by Gasteiger charge is -2.33. The van der Waals surface area contributed by atoms with Crippen molar-refractivity contribution in [2.75, 3.05) is 31.1 Å². The van der Waals surface area contributed by atoms with E-state index in [0.717, 1.165) is 18.9 Å². The van der Waals surface area contributed by atoms with Crippen LogP contribution in [0.15, 0.2) is 12.4 Å². The van der Waals surface area contributed by atoms with Crippen molar-refractivity contribution in [3.05, 3.63) is 12.4 Å². The molecule has 1 fully saturated rings. The van der Waals surface area contributed by atoms with Crippen LogP contribution in [0.3, 0.4) is 0 Å². The van der Waals surface area contributed by atoms with Crippen LogP contribution in [-0.2, 0) is 4.74 Å². The van der Waals surface area contributed by atoms with E-state index in [1.54, 1.807) is 0 Å². The standard InChI is InChI=1S/C12H20N4O2/c1-9(2)18-12-5-11(14-8-15-12)16-3-4-17-10(6-13)7-16/h5,8-10H,3-4,6-7,13H2,1-2H3. The van der Waals surface area contributed by atoms with Crippen molar-refractivity contribution < 1.29 is 9.47 Å². The minimum absolute atomic E-state index is 0.0724. The number of hydrogen-bond donors (Lipinski definition) is 1. The smallest absolute Gasteiger partial charge is 0.218 e. The molecule has 18 heavy (non-hydrogen) atoms. The minimum Gasteiger partial charge on any atom is -0.475 e. The highest BCUT2D eigenvalue weighted by molar-refractivity contribution is 5.41. The van der Waals surface area contributed by atoms with Gasteiger partial charge in [-0.25, -0.2) is 9.97 Å². The molecule has 2 heterocycles. The summed E-state index contributed by atoms with van der Waals surface area (Å²) in [5, 5.41) is 0. The van der Waals surface area contributed by atoms with Gasteiger partial charge in [-0.1, -0.05) is 0 Å². The number of rotatable bonds is 4. The molecule has 1 saturated heterocycles. The maximum absolute atomic E-state index is 5.63. The van der Waals surface area contributed by atoms with E-state index in [1.807, 2.05) is 19.9 Å². The fourth-order valence-electron chi connectivity index (χ4n) is 1.88. The third kappa shape index (κ3) is 3.30. The van der Waals surface area contributed by atoms with Gasteiger partial charge in [-0.3, -0.25) is 0 Å². The molecular weight excluding hydrogens is 232 g/mol. The molecule has 6 nitrogen and oxygen atoms in total. The molecule has 1 aliphatic rings. The van der Waals surface area contributed by atoms with Crippen LogP contribution in [0.1, 0.15) is 13.8 Å². The van der Waals surface area contributed by atoms with Crippen LogP contribution in [0, 0.1) is 0 Å². The van der Waals surface area contributed by atoms with Gasteiger partial charge in [0.05, 0.1) is 18.8 Å². The molecule has 6 heteroatoms. The Hall–Kier alpha value is -1.40. The Morgan fingerprint density at radius 1 is 1.56 bits per heavy atom. The first-order valence-corrected chi connectivity index (χ1v) is 6.24. The second-order valence-electron chi connectivity index (χ2n) is 4.56. The van der Waals surface area contributed by atoms with Crippen molar-refractivity contribution in [2.45, 2.75) is 26.1 Å². The van der Waals surface area contributed by atoms with Crippen molar-refractivity contribution in [3.8, 4) is 5.88 Å². The summed E-state index contributed by atoms with van der Waals surface area (Å²) in [4.78, 5) is 10.5. The molecule has 0 radical (unpaired) electrons. The number of nitrogens with zero attached hydrogens (tertiary/aromatic N) is 3. The molecule has 1 unspecified atom stereocenters. The van der Waals surface area contributed by atoms with Crippen LogP contribution < -0.4 is 15.4 Å². The first-order chi connectivity index (χ1) is 8.69. The highest BCUT2D eigenvalue weighted by atomic mass is 16.5. The van der Waals surface area contributed by atoms with E-state index in [0.29, 0.717) is 19.0 Å². The normalized spacial score (nSPS) is 20.2. The zero-order chi connectivity index (χ0) is 13.0. The number of morpholine rings is 1. The van der Waals surface area contributed by atoms with Gasteiger partial charge in [-0.05, 0) is 13.8 Å². The molecular formula is C12H20N4O2. The third-order valence-corrected chi connectivity index (χ3v) is 2.71. The Bertz CT molecular complexity index is 386. The summed E-state index contributed by atoms with van der Waals surface area (Å²) >= 11 is 0. The molecule has 1 aromatic heterocycles. The quantitative estimate of drug-likeness (QED) is 0.837. The van der Waals surface area contributed by atoms with E-state index < -0.39 is 0 Å². The van der Waals surface area contributed by atoms with Crippen LogP contribution in [0.4, 0.5) is 5.82 Å². The summed E-state index contributed by atoms with van der Waals surface area (Å²) in [6, 6.07) is 1.86. The predicted molar refractivity (Wildman–Crippen MR) is 68.8 cm³/mol. The van der Waals surface area contributed by atoms with Gasteiger partial charge in [0.25, 0.3) is 0 Å². The molecule has 0 saturated carbocycles. The molecule has 1 aromatic rings. The molecule has 0 amide bonds. The Kier molecular flexibility index (Phi) is 4.33. The van der Waals surface area contributed by atoms with Gasteiger partial charge >= 0.3 is 0 Å². The summed E-state index contributed by atoms with van der Waals surface area (Å²) in [5.41, 5.74) is 5.63. The predicted octanol–water partition coefficient (Wildman–Crippen LogP) is 0.428. The van der Waals surface area contributed by atoms with Gasteiger partial charge < -0.3 is 20.1 Å². The fourth-order valence-corrected chi connectivity index (χ4v) is 1.88. The molecule has 0 spiro atoms. The summed E-state index contributed by atoms with van der Waals surface area (Å²) in [7, 11) is 0. The lowest BCUT2D eigenvalue weighted by atomic mass is 10.2. The van der Waals surface area contributed by atoms with Crippen molar-refractivity contribution >= 4 is 5.82 Å². The molecule has 0 aliphatic carbocycles. The lowest BCUT2D eigenvalue weighted by Crippen LogP contribution is -2.46. The zero-order valence-electron chi connectivity index (χ0n) is 10.9. The molecule has 0 bridgehead atoms. The van der Waals surface area contributed by atoms with E-state index in [9.17, 15) is 0 Å². The van der Waals surface area contributed by atoms with Crippen molar-refractivity contribution in [3.63, 3.8) is 0 Å². The number of nitrogens with two attached hydrogens (primary N) is 1. The van der Waals surface area contributed by atoms with Crippen LogP contribution >= 0.6 is 0 Å². The monoisotopic (exact) mass is 252 g/mol. The largest absolute Gasteiger partial charge is 0.475 e. The Labute approximate surface area is 107 Å². The lowest BCUT2D eigenvalue weighted by molar-refractivity contribution is 0.0462. The molecule has 2 rings (SSSR count). The van der Waals surface area contributed by atoms with Gasteiger partial charge in [-0.15, -0.1) is 0 Å². The molecule has 1 aliphatic heterocycles. The number of aromatic nitrogens is 2. The zero-order valence-corrected chi connectivity index (χ0v) is 10.9. The van der Waals surface area contributed by atoms with E-state index in [4.69, 9.17) is 15.2 Å². The average Bonchev–Trinajstić information content (AvgIpc) is 2.38. The van der Waals surface area contributed by atoms with Gasteiger partial charge in [0.1, 0.15) is 12.1 Å². The van der Waals surface area contributed by atoms with E-state index in [1.165, 1.54) is 6.33 Å². The van der Waals surface area contributed by atoms with Crippen molar-refractivity contribution in [2.24, 2.45) is 5.73 Å². The molecule has 2 N–H and O–H groups in total. The summed E-state index contributed by atoms with van der Waals surface area (Å²) in [5.74, 6) is 1.47. The first kappa shape index (κ1) is 13.0.